The molecule has 0 radical (unpaired) electrons. The zero-order valence-electron chi connectivity index (χ0n) is 11.3. The zero-order valence-corrected chi connectivity index (χ0v) is 11.3. The number of nitrogens with one attached hydrogen (secondary N) is 2. The van der Waals surface area contributed by atoms with Gasteiger partial charge in [0, 0.05) is 43.1 Å². The normalized spacial score (nSPS) is 10.8. The van der Waals surface area contributed by atoms with Crippen LogP contribution in [-0.4, -0.2) is 14.5 Å². The van der Waals surface area contributed by atoms with Crippen molar-refractivity contribution in [3.05, 3.63) is 58.8 Å². The maximum absolute atomic E-state index is 11.5. The van der Waals surface area contributed by atoms with Crippen molar-refractivity contribution in [2.24, 2.45) is 0 Å². The second-order valence-electron chi connectivity index (χ2n) is 4.61. The largest absolute Gasteiger partial charge is 0.380 e. The van der Waals surface area contributed by atoms with Crippen LogP contribution in [0.2, 0.25) is 0 Å². The van der Waals surface area contributed by atoms with Gasteiger partial charge in [-0.15, -0.1) is 0 Å². The molecule has 3 heterocycles. The lowest BCUT2D eigenvalue weighted by atomic mass is 10.2. The van der Waals surface area contributed by atoms with Crippen molar-refractivity contribution in [1.29, 1.82) is 0 Å². The van der Waals surface area contributed by atoms with E-state index in [-0.39, 0.29) is 5.56 Å². The molecule has 0 spiro atoms. The van der Waals surface area contributed by atoms with Crippen LogP contribution < -0.4 is 10.9 Å². The number of aromatic nitrogens is 3. The first kappa shape index (κ1) is 12.5. The summed E-state index contributed by atoms with van der Waals surface area (Å²) in [6.07, 6.45) is 5.57. The van der Waals surface area contributed by atoms with Gasteiger partial charge in [-0.3, -0.25) is 4.79 Å². The summed E-state index contributed by atoms with van der Waals surface area (Å²) < 4.78 is 1.68. The molecule has 0 aliphatic carbocycles. The number of aromatic amines is 1. The summed E-state index contributed by atoms with van der Waals surface area (Å²) >= 11 is 0. The molecule has 0 atom stereocenters. The second kappa shape index (κ2) is 5.21. The molecule has 0 amide bonds. The molecule has 3 rings (SSSR count). The van der Waals surface area contributed by atoms with Gasteiger partial charge in [0.2, 0.25) is 0 Å². The van der Waals surface area contributed by atoms with Gasteiger partial charge in [0.05, 0.1) is 5.69 Å². The van der Waals surface area contributed by atoms with Crippen molar-refractivity contribution in [2.45, 2.75) is 20.0 Å². The summed E-state index contributed by atoms with van der Waals surface area (Å²) in [6.45, 7) is 3.31. The fraction of sp³-hybridized carbons (Fsp3) is 0.200. The summed E-state index contributed by atoms with van der Waals surface area (Å²) in [4.78, 5) is 18.9. The average molecular weight is 268 g/mol. The highest BCUT2D eigenvalue weighted by atomic mass is 16.1. The van der Waals surface area contributed by atoms with Crippen molar-refractivity contribution < 1.29 is 0 Å². The molecule has 0 saturated heterocycles. The molecule has 0 bridgehead atoms. The molecule has 3 aromatic rings. The quantitative estimate of drug-likeness (QED) is 0.763. The summed E-state index contributed by atoms with van der Waals surface area (Å²) in [7, 11) is 0. The smallest absolute Gasteiger partial charge is 0.250 e. The van der Waals surface area contributed by atoms with Crippen molar-refractivity contribution in [3.8, 4) is 0 Å². The highest BCUT2D eigenvalue weighted by molar-refractivity contribution is 5.79. The van der Waals surface area contributed by atoms with Gasteiger partial charge in [-0.2, -0.15) is 0 Å². The number of hydrogen-bond acceptors (Lipinski definition) is 3. The monoisotopic (exact) mass is 268 g/mol. The van der Waals surface area contributed by atoms with E-state index in [0.717, 1.165) is 22.3 Å². The van der Waals surface area contributed by atoms with E-state index in [1.165, 1.54) is 0 Å². The minimum absolute atomic E-state index is 0.0225. The maximum Gasteiger partial charge on any atom is 0.250 e. The first-order valence-electron chi connectivity index (χ1n) is 6.63. The number of pyridine rings is 2. The fourth-order valence-electron chi connectivity index (χ4n) is 2.24. The van der Waals surface area contributed by atoms with Gasteiger partial charge in [0.1, 0.15) is 5.65 Å². The Morgan fingerprint density at radius 3 is 3.10 bits per heavy atom. The van der Waals surface area contributed by atoms with Crippen LogP contribution in [0.4, 0.5) is 5.69 Å². The highest BCUT2D eigenvalue weighted by Crippen LogP contribution is 2.17. The van der Waals surface area contributed by atoms with Crippen LogP contribution in [0, 0.1) is 0 Å². The van der Waals surface area contributed by atoms with E-state index < -0.39 is 0 Å². The predicted molar refractivity (Wildman–Crippen MR) is 79.8 cm³/mol. The Kier molecular flexibility index (Phi) is 3.25. The molecule has 3 aromatic heterocycles. The van der Waals surface area contributed by atoms with E-state index in [2.05, 4.69) is 15.3 Å². The Morgan fingerprint density at radius 1 is 1.35 bits per heavy atom. The summed E-state index contributed by atoms with van der Waals surface area (Å²) in [5.74, 6) is 0. The van der Waals surface area contributed by atoms with E-state index in [1.807, 2.05) is 37.5 Å². The summed E-state index contributed by atoms with van der Waals surface area (Å²) in [5, 5.41) is 4.45. The Labute approximate surface area is 116 Å². The van der Waals surface area contributed by atoms with Crippen LogP contribution >= 0.6 is 0 Å². The standard InChI is InChI=1S/C15H16N4O/c1-2-19-10-12(5-6-14(19)20)17-8-11-9-18-15-13(11)4-3-7-16-15/h3-7,9-10,17H,2,8H2,1H3,(H,16,18). The third-order valence-electron chi connectivity index (χ3n) is 3.34. The van der Waals surface area contributed by atoms with Crippen LogP contribution in [0.5, 0.6) is 0 Å². The van der Waals surface area contributed by atoms with Crippen molar-refractivity contribution in [3.63, 3.8) is 0 Å². The van der Waals surface area contributed by atoms with Crippen LogP contribution in [0.3, 0.4) is 0 Å². The zero-order chi connectivity index (χ0) is 13.9. The number of fused-ring (bicyclic) bond motifs is 1. The van der Waals surface area contributed by atoms with Crippen LogP contribution in [0.1, 0.15) is 12.5 Å². The third kappa shape index (κ3) is 2.30. The molecule has 102 valence electrons. The number of H-pyrrole nitrogens is 1. The van der Waals surface area contributed by atoms with Gasteiger partial charge in [-0.1, -0.05) is 0 Å². The van der Waals surface area contributed by atoms with Gasteiger partial charge < -0.3 is 14.9 Å². The lowest BCUT2D eigenvalue weighted by Gasteiger charge is -2.08. The number of hydrogen-bond donors (Lipinski definition) is 2. The molecular formula is C15H16N4O. The number of anilines is 1. The first-order valence-corrected chi connectivity index (χ1v) is 6.63. The minimum Gasteiger partial charge on any atom is -0.380 e. The van der Waals surface area contributed by atoms with E-state index in [0.29, 0.717) is 13.1 Å². The van der Waals surface area contributed by atoms with Gasteiger partial charge in [-0.25, -0.2) is 4.98 Å². The lowest BCUT2D eigenvalue weighted by Crippen LogP contribution is -2.17. The van der Waals surface area contributed by atoms with Crippen LogP contribution in [0.25, 0.3) is 11.0 Å². The summed E-state index contributed by atoms with van der Waals surface area (Å²) in [5.41, 5.74) is 3.00. The molecule has 0 saturated carbocycles. The average Bonchev–Trinajstić information content (AvgIpc) is 2.90. The molecule has 5 heteroatoms. The number of nitrogens with zero attached hydrogens (tertiary/aromatic N) is 2. The van der Waals surface area contributed by atoms with E-state index in [4.69, 9.17) is 0 Å². The minimum atomic E-state index is 0.0225. The predicted octanol–water partition coefficient (Wildman–Crippen LogP) is 2.36. The van der Waals surface area contributed by atoms with E-state index in [9.17, 15) is 4.79 Å². The Bertz CT molecular complexity index is 788. The molecule has 0 unspecified atom stereocenters. The van der Waals surface area contributed by atoms with Gasteiger partial charge in [0.25, 0.3) is 5.56 Å². The van der Waals surface area contributed by atoms with Gasteiger partial charge in [0.15, 0.2) is 0 Å². The SMILES string of the molecule is CCn1cc(NCc2c[nH]c3ncccc23)ccc1=O. The van der Waals surface area contributed by atoms with E-state index in [1.54, 1.807) is 16.8 Å². The molecule has 0 fully saturated rings. The topological polar surface area (TPSA) is 62.7 Å². The van der Waals surface area contributed by atoms with Crippen molar-refractivity contribution in [2.75, 3.05) is 5.32 Å². The van der Waals surface area contributed by atoms with Gasteiger partial charge in [-0.05, 0) is 30.7 Å². The van der Waals surface area contributed by atoms with Gasteiger partial charge >= 0.3 is 0 Å². The van der Waals surface area contributed by atoms with E-state index >= 15 is 0 Å². The van der Waals surface area contributed by atoms with Crippen LogP contribution in [-0.2, 0) is 13.1 Å². The Hall–Kier alpha value is -2.56. The highest BCUT2D eigenvalue weighted by Gasteiger charge is 2.04. The molecule has 0 aliphatic heterocycles. The Balaban J connectivity index is 1.81. The molecule has 5 nitrogen and oxygen atoms in total. The molecular weight excluding hydrogens is 252 g/mol. The summed E-state index contributed by atoms with van der Waals surface area (Å²) in [6, 6.07) is 7.37. The number of aryl methyl sites for hydroxylation is 1. The maximum atomic E-state index is 11.5. The molecule has 0 aromatic carbocycles. The van der Waals surface area contributed by atoms with Crippen LogP contribution in [0.15, 0.2) is 47.7 Å². The van der Waals surface area contributed by atoms with Crippen molar-refractivity contribution in [1.82, 2.24) is 14.5 Å². The third-order valence-corrected chi connectivity index (χ3v) is 3.34. The van der Waals surface area contributed by atoms with Crippen molar-refractivity contribution >= 4 is 16.7 Å². The lowest BCUT2D eigenvalue weighted by molar-refractivity contribution is 0.727. The fourth-order valence-corrected chi connectivity index (χ4v) is 2.24. The Morgan fingerprint density at radius 2 is 2.25 bits per heavy atom. The molecule has 2 N–H and O–H groups in total. The molecule has 0 aliphatic rings. The number of rotatable bonds is 4. The molecule has 20 heavy (non-hydrogen) atoms. The second-order valence-corrected chi connectivity index (χ2v) is 4.61. The first-order chi connectivity index (χ1) is 9.78.